The first-order valence-corrected chi connectivity index (χ1v) is 10.5. The lowest BCUT2D eigenvalue weighted by Crippen LogP contribution is -2.33. The number of amides is 3. The molecule has 8 nitrogen and oxygen atoms in total. The Labute approximate surface area is 201 Å². The van der Waals surface area contributed by atoms with E-state index in [4.69, 9.17) is 16.3 Å². The standard InChI is InChI=1S/C25H21ClN4O4/c1-2-14-34-20-7-5-6-17(15-20)16-27-30-25(33)24(32)29-22-9-4-3-8-21(22)23(31)28-19-12-10-18(26)11-13-19/h2-13,15-16H,1,14H2,(H,28,31)(H,29,32)(H,30,33). The van der Waals surface area contributed by atoms with Crippen LogP contribution in [0.4, 0.5) is 11.4 Å². The molecular weight excluding hydrogens is 456 g/mol. The van der Waals surface area contributed by atoms with Gasteiger partial charge in [-0.25, -0.2) is 5.43 Å². The fourth-order valence-corrected chi connectivity index (χ4v) is 2.88. The topological polar surface area (TPSA) is 109 Å². The minimum Gasteiger partial charge on any atom is -0.490 e. The van der Waals surface area contributed by atoms with E-state index < -0.39 is 17.7 Å². The van der Waals surface area contributed by atoms with Gasteiger partial charge in [0.25, 0.3) is 5.91 Å². The Hall–Kier alpha value is -4.43. The van der Waals surface area contributed by atoms with Crippen LogP contribution in [0, 0.1) is 0 Å². The van der Waals surface area contributed by atoms with Gasteiger partial charge in [0.2, 0.25) is 0 Å². The lowest BCUT2D eigenvalue weighted by Gasteiger charge is -2.11. The van der Waals surface area contributed by atoms with Gasteiger partial charge in [-0.15, -0.1) is 0 Å². The first-order valence-electron chi connectivity index (χ1n) is 10.1. The number of nitrogens with one attached hydrogen (secondary N) is 3. The summed E-state index contributed by atoms with van der Waals surface area (Å²) < 4.78 is 5.43. The van der Waals surface area contributed by atoms with Crippen LogP contribution in [0.15, 0.2) is 90.6 Å². The predicted molar refractivity (Wildman–Crippen MR) is 132 cm³/mol. The lowest BCUT2D eigenvalue weighted by molar-refractivity contribution is -0.136. The zero-order valence-electron chi connectivity index (χ0n) is 18.0. The summed E-state index contributed by atoms with van der Waals surface area (Å²) in [5.41, 5.74) is 3.69. The minimum atomic E-state index is -0.997. The van der Waals surface area contributed by atoms with E-state index in [0.717, 1.165) is 0 Å². The number of carbonyl (C=O) groups excluding carboxylic acids is 3. The smallest absolute Gasteiger partial charge is 0.329 e. The van der Waals surface area contributed by atoms with Crippen LogP contribution in [0.3, 0.4) is 0 Å². The number of halogens is 1. The second-order valence-corrected chi connectivity index (χ2v) is 7.27. The van der Waals surface area contributed by atoms with Crippen molar-refractivity contribution in [3.63, 3.8) is 0 Å². The third-order valence-corrected chi connectivity index (χ3v) is 4.59. The Balaban J connectivity index is 1.60. The van der Waals surface area contributed by atoms with Crippen LogP contribution in [0.2, 0.25) is 5.02 Å². The van der Waals surface area contributed by atoms with E-state index in [-0.39, 0.29) is 11.3 Å². The van der Waals surface area contributed by atoms with E-state index in [9.17, 15) is 14.4 Å². The quantitative estimate of drug-likeness (QED) is 0.195. The van der Waals surface area contributed by atoms with E-state index in [0.29, 0.717) is 28.6 Å². The average Bonchev–Trinajstić information content (AvgIpc) is 2.84. The Morgan fingerprint density at radius 3 is 2.47 bits per heavy atom. The maximum atomic E-state index is 12.7. The Morgan fingerprint density at radius 2 is 1.71 bits per heavy atom. The SMILES string of the molecule is C=CCOc1cccc(C=NNC(=O)C(=O)Nc2ccccc2C(=O)Nc2ccc(Cl)cc2)c1. The fraction of sp³-hybridized carbons (Fsp3) is 0.0400. The second-order valence-electron chi connectivity index (χ2n) is 6.83. The molecule has 0 unspecified atom stereocenters. The van der Waals surface area contributed by atoms with Gasteiger partial charge in [-0.1, -0.05) is 48.5 Å². The fourth-order valence-electron chi connectivity index (χ4n) is 2.76. The highest BCUT2D eigenvalue weighted by Crippen LogP contribution is 2.19. The van der Waals surface area contributed by atoms with Crippen molar-refractivity contribution >= 4 is 46.9 Å². The van der Waals surface area contributed by atoms with Gasteiger partial charge in [0, 0.05) is 10.7 Å². The molecule has 3 aromatic carbocycles. The van der Waals surface area contributed by atoms with E-state index >= 15 is 0 Å². The number of carbonyl (C=O) groups is 3. The minimum absolute atomic E-state index is 0.171. The molecule has 0 heterocycles. The summed E-state index contributed by atoms with van der Waals surface area (Å²) in [5, 5.41) is 9.47. The van der Waals surface area contributed by atoms with Gasteiger partial charge in [0.05, 0.1) is 17.5 Å². The molecule has 9 heteroatoms. The highest BCUT2D eigenvalue weighted by atomic mass is 35.5. The van der Waals surface area contributed by atoms with E-state index in [1.54, 1.807) is 66.7 Å². The molecule has 0 saturated heterocycles. The third-order valence-electron chi connectivity index (χ3n) is 4.33. The average molecular weight is 477 g/mol. The van der Waals surface area contributed by atoms with Crippen molar-refractivity contribution in [2.75, 3.05) is 17.2 Å². The molecule has 0 aliphatic carbocycles. The molecular formula is C25H21ClN4O4. The number of nitrogens with zero attached hydrogens (tertiary/aromatic N) is 1. The summed E-state index contributed by atoms with van der Waals surface area (Å²) in [4.78, 5) is 37.1. The van der Waals surface area contributed by atoms with Crippen LogP contribution >= 0.6 is 11.6 Å². The summed E-state index contributed by atoms with van der Waals surface area (Å²) in [6.45, 7) is 3.94. The molecule has 0 radical (unpaired) electrons. The molecule has 3 rings (SSSR count). The van der Waals surface area contributed by atoms with E-state index in [1.807, 2.05) is 0 Å². The van der Waals surface area contributed by atoms with Crippen molar-refractivity contribution in [1.82, 2.24) is 5.43 Å². The molecule has 0 aliphatic heterocycles. The van der Waals surface area contributed by atoms with Crippen molar-refractivity contribution in [2.24, 2.45) is 5.10 Å². The molecule has 0 fully saturated rings. The lowest BCUT2D eigenvalue weighted by atomic mass is 10.1. The number of hydrogen-bond donors (Lipinski definition) is 3. The van der Waals surface area contributed by atoms with Crippen molar-refractivity contribution in [3.05, 3.63) is 102 Å². The first-order chi connectivity index (χ1) is 16.5. The van der Waals surface area contributed by atoms with E-state index in [2.05, 4.69) is 27.7 Å². The Bertz CT molecular complexity index is 1230. The molecule has 34 heavy (non-hydrogen) atoms. The molecule has 0 aromatic heterocycles. The normalized spacial score (nSPS) is 10.4. The molecule has 172 valence electrons. The summed E-state index contributed by atoms with van der Waals surface area (Å²) in [7, 11) is 0. The van der Waals surface area contributed by atoms with Crippen LogP contribution < -0.4 is 20.8 Å². The number of hydrazone groups is 1. The van der Waals surface area contributed by atoms with Crippen LogP contribution in [0.1, 0.15) is 15.9 Å². The zero-order chi connectivity index (χ0) is 24.3. The van der Waals surface area contributed by atoms with Gasteiger partial charge in [-0.3, -0.25) is 14.4 Å². The number of ether oxygens (including phenoxy) is 1. The van der Waals surface area contributed by atoms with Crippen molar-refractivity contribution in [1.29, 1.82) is 0 Å². The van der Waals surface area contributed by atoms with Crippen molar-refractivity contribution < 1.29 is 19.1 Å². The summed E-state index contributed by atoms with van der Waals surface area (Å²) in [6.07, 6.45) is 3.00. The molecule has 0 spiro atoms. The molecule has 0 aliphatic rings. The first kappa shape index (κ1) is 24.2. The van der Waals surface area contributed by atoms with Gasteiger partial charge in [0.1, 0.15) is 12.4 Å². The summed E-state index contributed by atoms with van der Waals surface area (Å²) in [6, 6.07) is 19.9. The second kappa shape index (κ2) is 12.0. The number of rotatable bonds is 8. The maximum Gasteiger partial charge on any atom is 0.329 e. The zero-order valence-corrected chi connectivity index (χ0v) is 18.7. The molecule has 3 amide bonds. The number of benzene rings is 3. The van der Waals surface area contributed by atoms with Crippen LogP contribution in [-0.4, -0.2) is 30.5 Å². The van der Waals surface area contributed by atoms with Gasteiger partial charge in [0.15, 0.2) is 0 Å². The van der Waals surface area contributed by atoms with Crippen molar-refractivity contribution in [3.8, 4) is 5.75 Å². The van der Waals surface area contributed by atoms with Crippen LogP contribution in [0.25, 0.3) is 0 Å². The third kappa shape index (κ3) is 7.04. The number of hydrogen-bond acceptors (Lipinski definition) is 5. The van der Waals surface area contributed by atoms with Gasteiger partial charge < -0.3 is 15.4 Å². The highest BCUT2D eigenvalue weighted by Gasteiger charge is 2.17. The maximum absolute atomic E-state index is 12.7. The summed E-state index contributed by atoms with van der Waals surface area (Å²) in [5.74, 6) is -1.83. The molecule has 0 atom stereocenters. The Morgan fingerprint density at radius 1 is 0.941 bits per heavy atom. The van der Waals surface area contributed by atoms with Gasteiger partial charge in [-0.05, 0) is 54.1 Å². The van der Waals surface area contributed by atoms with Crippen LogP contribution in [-0.2, 0) is 9.59 Å². The van der Waals surface area contributed by atoms with Gasteiger partial charge >= 0.3 is 11.8 Å². The molecule has 3 aromatic rings. The van der Waals surface area contributed by atoms with Crippen LogP contribution in [0.5, 0.6) is 5.75 Å². The monoisotopic (exact) mass is 476 g/mol. The molecule has 0 saturated carbocycles. The largest absolute Gasteiger partial charge is 0.490 e. The molecule has 3 N–H and O–H groups in total. The summed E-state index contributed by atoms with van der Waals surface area (Å²) >= 11 is 5.86. The number of para-hydroxylation sites is 1. The Kier molecular flexibility index (Phi) is 8.54. The predicted octanol–water partition coefficient (Wildman–Crippen LogP) is 4.25. The number of anilines is 2. The molecule has 0 bridgehead atoms. The highest BCUT2D eigenvalue weighted by molar-refractivity contribution is 6.40. The van der Waals surface area contributed by atoms with Crippen molar-refractivity contribution in [2.45, 2.75) is 0 Å². The van der Waals surface area contributed by atoms with Gasteiger partial charge in [-0.2, -0.15) is 5.10 Å². The van der Waals surface area contributed by atoms with E-state index in [1.165, 1.54) is 18.3 Å².